The predicted molar refractivity (Wildman–Crippen MR) is 79.1 cm³/mol. The largest absolute Gasteiger partial charge is 0.492 e. The van der Waals surface area contributed by atoms with E-state index in [4.69, 9.17) is 20.1 Å². The van der Waals surface area contributed by atoms with Crippen LogP contribution in [-0.4, -0.2) is 43.8 Å². The van der Waals surface area contributed by atoms with Gasteiger partial charge < -0.3 is 19.6 Å². The van der Waals surface area contributed by atoms with E-state index in [1.807, 2.05) is 0 Å². The second kappa shape index (κ2) is 11.0. The van der Waals surface area contributed by atoms with Crippen molar-refractivity contribution in [2.75, 3.05) is 38.5 Å². The molecule has 0 saturated carbocycles. The van der Waals surface area contributed by atoms with Crippen LogP contribution in [0.15, 0.2) is 18.3 Å². The van der Waals surface area contributed by atoms with Crippen molar-refractivity contribution in [2.24, 2.45) is 5.84 Å². The van der Waals surface area contributed by atoms with Crippen molar-refractivity contribution < 1.29 is 19.0 Å². The number of pyridine rings is 1. The van der Waals surface area contributed by atoms with Crippen LogP contribution in [-0.2, 0) is 14.3 Å². The van der Waals surface area contributed by atoms with Crippen LogP contribution in [0.3, 0.4) is 0 Å². The summed E-state index contributed by atoms with van der Waals surface area (Å²) < 4.78 is 16.1. The van der Waals surface area contributed by atoms with Crippen molar-refractivity contribution in [1.29, 1.82) is 0 Å². The van der Waals surface area contributed by atoms with Crippen molar-refractivity contribution in [1.82, 2.24) is 4.98 Å². The summed E-state index contributed by atoms with van der Waals surface area (Å²) in [6.45, 7) is 4.05. The molecule has 1 aromatic heterocycles. The second-order valence-electron chi connectivity index (χ2n) is 4.45. The van der Waals surface area contributed by atoms with E-state index >= 15 is 0 Å². The molecule has 0 atom stereocenters. The molecule has 118 valence electrons. The molecule has 1 rings (SSSR count). The number of ether oxygens (including phenoxy) is 3. The Hall–Kier alpha value is -1.70. The molecule has 0 amide bonds. The number of hydrazine groups is 1. The van der Waals surface area contributed by atoms with Gasteiger partial charge in [-0.1, -0.05) is 0 Å². The number of nitrogen functional groups attached to an aromatic ring is 1. The molecule has 0 bridgehead atoms. The smallest absolute Gasteiger partial charge is 0.155 e. The number of carbonyl (C=O) groups is 1. The Bertz CT molecular complexity index is 398. The van der Waals surface area contributed by atoms with Gasteiger partial charge in [0.05, 0.1) is 12.8 Å². The molecule has 0 aliphatic rings. The van der Waals surface area contributed by atoms with E-state index in [0.29, 0.717) is 38.0 Å². The quantitative estimate of drug-likeness (QED) is 0.339. The third-order valence-electron chi connectivity index (χ3n) is 2.47. The van der Waals surface area contributed by atoms with E-state index in [1.54, 1.807) is 18.3 Å². The zero-order valence-corrected chi connectivity index (χ0v) is 12.3. The Morgan fingerprint density at radius 1 is 1.19 bits per heavy atom. The summed E-state index contributed by atoms with van der Waals surface area (Å²) >= 11 is 0. The van der Waals surface area contributed by atoms with Crippen LogP contribution < -0.4 is 16.0 Å². The highest BCUT2D eigenvalue weighted by atomic mass is 16.5. The molecular weight excluding hydrogens is 274 g/mol. The lowest BCUT2D eigenvalue weighted by Gasteiger charge is -2.07. The molecule has 0 radical (unpaired) electrons. The Morgan fingerprint density at radius 3 is 2.52 bits per heavy atom. The number of anilines is 1. The van der Waals surface area contributed by atoms with Crippen molar-refractivity contribution >= 4 is 11.6 Å². The average molecular weight is 297 g/mol. The predicted octanol–water partition coefficient (Wildman–Crippen LogP) is 1.15. The summed E-state index contributed by atoms with van der Waals surface area (Å²) in [7, 11) is 0. The second-order valence-corrected chi connectivity index (χ2v) is 4.45. The first-order valence-corrected chi connectivity index (χ1v) is 6.93. The molecule has 0 fully saturated rings. The van der Waals surface area contributed by atoms with Gasteiger partial charge in [-0.05, 0) is 25.5 Å². The van der Waals surface area contributed by atoms with E-state index in [9.17, 15) is 4.79 Å². The molecular formula is C14H23N3O4. The van der Waals surface area contributed by atoms with E-state index in [1.165, 1.54) is 6.92 Å². The van der Waals surface area contributed by atoms with Crippen LogP contribution in [0.2, 0.25) is 0 Å². The van der Waals surface area contributed by atoms with E-state index in [-0.39, 0.29) is 12.4 Å². The number of hydrogen-bond donors (Lipinski definition) is 2. The van der Waals surface area contributed by atoms with Crippen LogP contribution in [0.25, 0.3) is 0 Å². The number of hydrogen-bond acceptors (Lipinski definition) is 7. The standard InChI is InChI=1S/C14H23N3O4/c1-12(18)11-20-8-2-6-19-7-3-9-21-13-4-5-14(17-15)16-10-13/h4-5,10H,2-3,6-9,11,15H2,1H3,(H,16,17). The number of ketones is 1. The average Bonchev–Trinajstić information content (AvgIpc) is 2.49. The van der Waals surface area contributed by atoms with Gasteiger partial charge in [-0.15, -0.1) is 0 Å². The summed E-state index contributed by atoms with van der Waals surface area (Å²) in [5, 5.41) is 0. The maximum Gasteiger partial charge on any atom is 0.155 e. The number of nitrogens with zero attached hydrogens (tertiary/aromatic N) is 1. The minimum atomic E-state index is 0.0397. The molecule has 7 nitrogen and oxygen atoms in total. The van der Waals surface area contributed by atoms with Crippen LogP contribution in [0.1, 0.15) is 19.8 Å². The molecule has 21 heavy (non-hydrogen) atoms. The highest BCUT2D eigenvalue weighted by Gasteiger charge is 1.97. The summed E-state index contributed by atoms with van der Waals surface area (Å²) in [6.07, 6.45) is 3.19. The van der Waals surface area contributed by atoms with Crippen LogP contribution in [0.5, 0.6) is 5.75 Å². The molecule has 0 aromatic carbocycles. The van der Waals surface area contributed by atoms with Gasteiger partial charge in [0.25, 0.3) is 0 Å². The highest BCUT2D eigenvalue weighted by molar-refractivity contribution is 5.76. The first-order chi connectivity index (χ1) is 10.2. The molecule has 0 saturated heterocycles. The SMILES string of the molecule is CC(=O)COCCCOCCCOc1ccc(NN)nc1. The van der Waals surface area contributed by atoms with E-state index in [0.717, 1.165) is 12.8 Å². The molecule has 0 aliphatic carbocycles. The third-order valence-corrected chi connectivity index (χ3v) is 2.47. The van der Waals surface area contributed by atoms with E-state index in [2.05, 4.69) is 10.4 Å². The Balaban J connectivity index is 1.91. The monoisotopic (exact) mass is 297 g/mol. The molecule has 0 aliphatic heterocycles. The van der Waals surface area contributed by atoms with Gasteiger partial charge in [0.15, 0.2) is 5.78 Å². The van der Waals surface area contributed by atoms with Crippen LogP contribution >= 0.6 is 0 Å². The number of rotatable bonds is 12. The Morgan fingerprint density at radius 2 is 1.90 bits per heavy atom. The van der Waals surface area contributed by atoms with Crippen molar-refractivity contribution in [2.45, 2.75) is 19.8 Å². The number of carbonyl (C=O) groups excluding carboxylic acids is 1. The summed E-state index contributed by atoms with van der Waals surface area (Å²) in [5.41, 5.74) is 2.45. The number of Topliss-reactive ketones (excluding diaryl/α,β-unsaturated/α-hetero) is 1. The van der Waals surface area contributed by atoms with Crippen molar-refractivity contribution in [3.8, 4) is 5.75 Å². The van der Waals surface area contributed by atoms with Gasteiger partial charge in [0.2, 0.25) is 0 Å². The minimum Gasteiger partial charge on any atom is -0.492 e. The van der Waals surface area contributed by atoms with Gasteiger partial charge in [0.1, 0.15) is 18.2 Å². The van der Waals surface area contributed by atoms with Gasteiger partial charge in [0, 0.05) is 26.2 Å². The third kappa shape index (κ3) is 8.96. The zero-order chi connectivity index (χ0) is 15.3. The van der Waals surface area contributed by atoms with Crippen LogP contribution in [0.4, 0.5) is 5.82 Å². The minimum absolute atomic E-state index is 0.0397. The lowest BCUT2D eigenvalue weighted by atomic mass is 10.4. The Kier molecular flexibility index (Phi) is 9.10. The fourth-order valence-corrected chi connectivity index (χ4v) is 1.48. The van der Waals surface area contributed by atoms with Gasteiger partial charge in [-0.3, -0.25) is 4.79 Å². The van der Waals surface area contributed by atoms with Crippen molar-refractivity contribution in [3.05, 3.63) is 18.3 Å². The number of aromatic nitrogens is 1. The molecule has 1 aromatic rings. The van der Waals surface area contributed by atoms with Crippen molar-refractivity contribution in [3.63, 3.8) is 0 Å². The summed E-state index contributed by atoms with van der Waals surface area (Å²) in [6, 6.07) is 3.54. The topological polar surface area (TPSA) is 95.7 Å². The normalized spacial score (nSPS) is 10.4. The number of nitrogens with two attached hydrogens (primary N) is 1. The lowest BCUT2D eigenvalue weighted by molar-refractivity contribution is -0.121. The Labute approximate surface area is 124 Å². The van der Waals surface area contributed by atoms with E-state index < -0.39 is 0 Å². The molecule has 1 heterocycles. The highest BCUT2D eigenvalue weighted by Crippen LogP contribution is 2.11. The zero-order valence-electron chi connectivity index (χ0n) is 12.3. The first kappa shape index (κ1) is 17.4. The van der Waals surface area contributed by atoms with Gasteiger partial charge >= 0.3 is 0 Å². The first-order valence-electron chi connectivity index (χ1n) is 6.93. The van der Waals surface area contributed by atoms with Gasteiger partial charge in [-0.2, -0.15) is 0 Å². The fraction of sp³-hybridized carbons (Fsp3) is 0.571. The summed E-state index contributed by atoms with van der Waals surface area (Å²) in [5.74, 6) is 6.55. The lowest BCUT2D eigenvalue weighted by Crippen LogP contribution is -2.09. The number of nitrogens with one attached hydrogen (secondary N) is 1. The summed E-state index contributed by atoms with van der Waals surface area (Å²) in [4.78, 5) is 14.7. The maximum atomic E-state index is 10.6. The maximum absolute atomic E-state index is 10.6. The fourth-order valence-electron chi connectivity index (χ4n) is 1.48. The molecule has 0 unspecified atom stereocenters. The molecule has 3 N–H and O–H groups in total. The molecule has 7 heteroatoms. The van der Waals surface area contributed by atoms with Crippen LogP contribution in [0, 0.1) is 0 Å². The molecule has 0 spiro atoms. The van der Waals surface area contributed by atoms with Gasteiger partial charge in [-0.25, -0.2) is 10.8 Å².